The third kappa shape index (κ3) is 3.98. The molecule has 0 aliphatic rings. The summed E-state index contributed by atoms with van der Waals surface area (Å²) in [6, 6.07) is 15.0. The van der Waals surface area contributed by atoms with Gasteiger partial charge in [0, 0.05) is 31.0 Å². The van der Waals surface area contributed by atoms with E-state index in [2.05, 4.69) is 48.3 Å². The maximum Gasteiger partial charge on any atom is 0.123 e. The highest BCUT2D eigenvalue weighted by Gasteiger charge is 2.03. The first-order chi connectivity index (χ1) is 9.69. The molecule has 2 rings (SSSR count). The van der Waals surface area contributed by atoms with Crippen LogP contribution in [0.3, 0.4) is 0 Å². The van der Waals surface area contributed by atoms with Crippen LogP contribution in [0.25, 0.3) is 0 Å². The SMILES string of the molecule is CCN(CCNc1ccc(C)cc1)c1ccc(F)cc1. The topological polar surface area (TPSA) is 15.3 Å². The molecule has 106 valence electrons. The second kappa shape index (κ2) is 6.94. The Morgan fingerprint density at radius 3 is 2.25 bits per heavy atom. The number of benzene rings is 2. The van der Waals surface area contributed by atoms with Gasteiger partial charge >= 0.3 is 0 Å². The Morgan fingerprint density at radius 2 is 1.65 bits per heavy atom. The van der Waals surface area contributed by atoms with Crippen LogP contribution in [0.4, 0.5) is 15.8 Å². The van der Waals surface area contributed by atoms with Crippen molar-refractivity contribution in [3.8, 4) is 0 Å². The van der Waals surface area contributed by atoms with E-state index in [-0.39, 0.29) is 5.82 Å². The molecule has 0 unspecified atom stereocenters. The number of likely N-dealkylation sites (N-methyl/N-ethyl adjacent to an activating group) is 1. The van der Waals surface area contributed by atoms with Crippen molar-refractivity contribution < 1.29 is 4.39 Å². The molecule has 2 nitrogen and oxygen atoms in total. The number of rotatable bonds is 6. The second-order valence-corrected chi connectivity index (χ2v) is 4.85. The van der Waals surface area contributed by atoms with Crippen molar-refractivity contribution >= 4 is 11.4 Å². The summed E-state index contributed by atoms with van der Waals surface area (Å²) in [5.41, 5.74) is 3.45. The Bertz CT molecular complexity index is 520. The van der Waals surface area contributed by atoms with Crippen molar-refractivity contribution in [3.05, 3.63) is 59.9 Å². The van der Waals surface area contributed by atoms with Crippen LogP contribution in [0.15, 0.2) is 48.5 Å². The first-order valence-electron chi connectivity index (χ1n) is 7.00. The minimum atomic E-state index is -0.192. The van der Waals surface area contributed by atoms with E-state index in [0.29, 0.717) is 0 Å². The normalized spacial score (nSPS) is 10.3. The molecule has 0 amide bonds. The number of aryl methyl sites for hydroxylation is 1. The molecule has 0 bridgehead atoms. The summed E-state index contributed by atoms with van der Waals surface area (Å²) in [6.07, 6.45) is 0. The van der Waals surface area contributed by atoms with Crippen molar-refractivity contribution in [3.63, 3.8) is 0 Å². The maximum atomic E-state index is 12.9. The van der Waals surface area contributed by atoms with Gasteiger partial charge < -0.3 is 10.2 Å². The number of hydrogen-bond donors (Lipinski definition) is 1. The van der Waals surface area contributed by atoms with Crippen molar-refractivity contribution in [1.82, 2.24) is 0 Å². The quantitative estimate of drug-likeness (QED) is 0.852. The predicted octanol–water partition coefficient (Wildman–Crippen LogP) is 4.07. The molecule has 0 saturated carbocycles. The van der Waals surface area contributed by atoms with Gasteiger partial charge in [0.25, 0.3) is 0 Å². The summed E-state index contributed by atoms with van der Waals surface area (Å²) in [6.45, 7) is 6.83. The molecule has 20 heavy (non-hydrogen) atoms. The van der Waals surface area contributed by atoms with Gasteiger partial charge in [-0.25, -0.2) is 4.39 Å². The summed E-state index contributed by atoms with van der Waals surface area (Å²) in [7, 11) is 0. The molecule has 2 aromatic carbocycles. The number of halogens is 1. The largest absolute Gasteiger partial charge is 0.383 e. The first kappa shape index (κ1) is 14.4. The van der Waals surface area contributed by atoms with E-state index in [1.807, 2.05) is 12.1 Å². The van der Waals surface area contributed by atoms with Crippen LogP contribution < -0.4 is 10.2 Å². The smallest absolute Gasteiger partial charge is 0.123 e. The van der Waals surface area contributed by atoms with Gasteiger partial charge in [0.1, 0.15) is 5.82 Å². The highest BCUT2D eigenvalue weighted by Crippen LogP contribution is 2.14. The number of nitrogens with zero attached hydrogens (tertiary/aromatic N) is 1. The van der Waals surface area contributed by atoms with Gasteiger partial charge in [-0.15, -0.1) is 0 Å². The average Bonchev–Trinajstić information content (AvgIpc) is 2.47. The zero-order valence-corrected chi connectivity index (χ0v) is 12.1. The highest BCUT2D eigenvalue weighted by atomic mass is 19.1. The fourth-order valence-electron chi connectivity index (χ4n) is 2.13. The van der Waals surface area contributed by atoms with Gasteiger partial charge in [-0.2, -0.15) is 0 Å². The molecule has 0 heterocycles. The second-order valence-electron chi connectivity index (χ2n) is 4.85. The van der Waals surface area contributed by atoms with E-state index in [0.717, 1.165) is 31.0 Å². The summed E-state index contributed by atoms with van der Waals surface area (Å²) in [5, 5.41) is 3.40. The monoisotopic (exact) mass is 272 g/mol. The third-order valence-corrected chi connectivity index (χ3v) is 3.34. The van der Waals surface area contributed by atoms with Crippen LogP contribution in [0.5, 0.6) is 0 Å². The minimum Gasteiger partial charge on any atom is -0.383 e. The molecule has 0 aromatic heterocycles. The van der Waals surface area contributed by atoms with E-state index < -0.39 is 0 Å². The molecule has 0 aliphatic carbocycles. The van der Waals surface area contributed by atoms with Crippen LogP contribution in [-0.4, -0.2) is 19.6 Å². The van der Waals surface area contributed by atoms with Gasteiger partial charge in [0.15, 0.2) is 0 Å². The van der Waals surface area contributed by atoms with Gasteiger partial charge in [-0.3, -0.25) is 0 Å². The van der Waals surface area contributed by atoms with Crippen molar-refractivity contribution in [2.24, 2.45) is 0 Å². The Kier molecular flexibility index (Phi) is 4.99. The summed E-state index contributed by atoms with van der Waals surface area (Å²) in [5.74, 6) is -0.192. The van der Waals surface area contributed by atoms with Crippen LogP contribution in [0.1, 0.15) is 12.5 Å². The zero-order chi connectivity index (χ0) is 14.4. The molecule has 0 spiro atoms. The molecule has 3 heteroatoms. The Balaban J connectivity index is 1.87. The average molecular weight is 272 g/mol. The molecule has 0 aliphatic heterocycles. The summed E-state index contributed by atoms with van der Waals surface area (Å²) < 4.78 is 12.9. The van der Waals surface area contributed by atoms with E-state index in [1.54, 1.807) is 0 Å². The first-order valence-corrected chi connectivity index (χ1v) is 7.00. The molecule has 2 aromatic rings. The molecule has 0 saturated heterocycles. The number of hydrogen-bond acceptors (Lipinski definition) is 2. The molecule has 1 N–H and O–H groups in total. The standard InChI is InChI=1S/C17H21FN2/c1-3-20(17-10-6-15(18)7-11-17)13-12-19-16-8-4-14(2)5-9-16/h4-11,19H,3,12-13H2,1-2H3. The van der Waals surface area contributed by atoms with E-state index in [9.17, 15) is 4.39 Å². The van der Waals surface area contributed by atoms with Crippen LogP contribution >= 0.6 is 0 Å². The van der Waals surface area contributed by atoms with E-state index in [1.165, 1.54) is 17.7 Å². The predicted molar refractivity (Wildman–Crippen MR) is 84.0 cm³/mol. The molecular weight excluding hydrogens is 251 g/mol. The minimum absolute atomic E-state index is 0.192. The lowest BCUT2D eigenvalue weighted by molar-refractivity contribution is 0.627. The van der Waals surface area contributed by atoms with Crippen LogP contribution in [0, 0.1) is 12.7 Å². The van der Waals surface area contributed by atoms with Crippen LogP contribution in [0.2, 0.25) is 0 Å². The third-order valence-electron chi connectivity index (χ3n) is 3.34. The molecular formula is C17H21FN2. The lowest BCUT2D eigenvalue weighted by Gasteiger charge is -2.23. The molecule has 0 radical (unpaired) electrons. The van der Waals surface area contributed by atoms with Crippen molar-refractivity contribution in [2.45, 2.75) is 13.8 Å². The fraction of sp³-hybridized carbons (Fsp3) is 0.294. The number of anilines is 2. The number of nitrogens with one attached hydrogen (secondary N) is 1. The zero-order valence-electron chi connectivity index (χ0n) is 12.1. The van der Waals surface area contributed by atoms with Gasteiger partial charge in [-0.1, -0.05) is 17.7 Å². The lowest BCUT2D eigenvalue weighted by Crippen LogP contribution is -2.28. The Hall–Kier alpha value is -2.03. The van der Waals surface area contributed by atoms with Crippen LogP contribution in [-0.2, 0) is 0 Å². The highest BCUT2D eigenvalue weighted by molar-refractivity contribution is 5.47. The van der Waals surface area contributed by atoms with E-state index in [4.69, 9.17) is 0 Å². The van der Waals surface area contributed by atoms with Gasteiger partial charge in [-0.05, 0) is 50.2 Å². The lowest BCUT2D eigenvalue weighted by atomic mass is 10.2. The van der Waals surface area contributed by atoms with Crippen molar-refractivity contribution in [1.29, 1.82) is 0 Å². The van der Waals surface area contributed by atoms with Gasteiger partial charge in [0.05, 0.1) is 0 Å². The Morgan fingerprint density at radius 1 is 1.00 bits per heavy atom. The molecule has 0 fully saturated rings. The summed E-state index contributed by atoms with van der Waals surface area (Å²) in [4.78, 5) is 2.22. The molecule has 0 atom stereocenters. The Labute approximate surface area is 120 Å². The summed E-state index contributed by atoms with van der Waals surface area (Å²) >= 11 is 0. The van der Waals surface area contributed by atoms with E-state index >= 15 is 0 Å². The fourth-order valence-corrected chi connectivity index (χ4v) is 2.13. The van der Waals surface area contributed by atoms with Gasteiger partial charge in [0.2, 0.25) is 0 Å². The maximum absolute atomic E-state index is 12.9. The van der Waals surface area contributed by atoms with Crippen molar-refractivity contribution in [2.75, 3.05) is 29.9 Å².